The van der Waals surface area contributed by atoms with Crippen molar-refractivity contribution < 1.29 is 14.7 Å². The lowest BCUT2D eigenvalue weighted by molar-refractivity contribution is -0.130. The maximum absolute atomic E-state index is 11.0. The first-order valence-corrected chi connectivity index (χ1v) is 4.16. The lowest BCUT2D eigenvalue weighted by Gasteiger charge is -2.00. The summed E-state index contributed by atoms with van der Waals surface area (Å²) in [5.74, 6) is 3.03. The molecule has 0 bridgehead atoms. The second kappa shape index (κ2) is 4.29. The minimum atomic E-state index is -1.22. The molecule has 4 nitrogen and oxygen atoms in total. The average Bonchev–Trinajstić information content (AvgIpc) is 2.15. The highest BCUT2D eigenvalue weighted by atomic mass is 16.4. The zero-order chi connectivity index (χ0) is 11.4. The van der Waals surface area contributed by atoms with E-state index in [4.69, 9.17) is 10.8 Å². The van der Waals surface area contributed by atoms with Crippen LogP contribution in [-0.4, -0.2) is 16.9 Å². The Balaban J connectivity index is 3.10. The third-order valence-electron chi connectivity index (χ3n) is 1.76. The molecule has 3 N–H and O–H groups in total. The van der Waals surface area contributed by atoms with Gasteiger partial charge in [0.2, 0.25) is 0 Å². The van der Waals surface area contributed by atoms with Crippen LogP contribution in [0.25, 0.3) is 0 Å². The number of carboxylic acid groups (broad SMARTS) is 1. The number of nitrogen functional groups attached to an aromatic ring is 1. The van der Waals surface area contributed by atoms with Gasteiger partial charge in [-0.05, 0) is 19.1 Å². The molecule has 0 aliphatic heterocycles. The van der Waals surface area contributed by atoms with E-state index in [1.165, 1.54) is 19.1 Å². The lowest BCUT2D eigenvalue weighted by atomic mass is 10.1. The molecule has 4 heteroatoms. The predicted molar refractivity (Wildman–Crippen MR) is 55.4 cm³/mol. The van der Waals surface area contributed by atoms with Crippen LogP contribution in [0.3, 0.4) is 0 Å². The van der Waals surface area contributed by atoms with E-state index in [0.717, 1.165) is 0 Å². The van der Waals surface area contributed by atoms with Crippen molar-refractivity contribution >= 4 is 17.4 Å². The van der Waals surface area contributed by atoms with E-state index in [0.29, 0.717) is 16.8 Å². The molecule has 0 aromatic heterocycles. The van der Waals surface area contributed by atoms with Gasteiger partial charge in [-0.2, -0.15) is 0 Å². The first-order valence-electron chi connectivity index (χ1n) is 4.16. The molecule has 0 saturated carbocycles. The Bertz CT molecular complexity index is 480. The quantitative estimate of drug-likeness (QED) is 0.404. The molecule has 0 fully saturated rings. The average molecular weight is 203 g/mol. The number of aliphatic carboxylic acids is 1. The maximum Gasteiger partial charge on any atom is 0.382 e. The van der Waals surface area contributed by atoms with Crippen LogP contribution in [0.2, 0.25) is 0 Å². The van der Waals surface area contributed by atoms with Gasteiger partial charge < -0.3 is 10.8 Å². The molecular formula is C11H9NO3. The Morgan fingerprint density at radius 2 is 2.07 bits per heavy atom. The number of carbonyl (C=O) groups excluding carboxylic acids is 1. The van der Waals surface area contributed by atoms with Crippen LogP contribution in [0, 0.1) is 11.8 Å². The van der Waals surface area contributed by atoms with Crippen LogP contribution in [0.4, 0.5) is 5.69 Å². The summed E-state index contributed by atoms with van der Waals surface area (Å²) in [7, 11) is 0. The number of anilines is 1. The first-order chi connectivity index (χ1) is 7.00. The number of Topliss-reactive ketones (excluding diaryl/α,β-unsaturated/α-hetero) is 1. The predicted octanol–water partition coefficient (Wildman–Crippen LogP) is 0.908. The standard InChI is InChI=1S/C11H9NO3/c1-7(13)9-3-2-8(10(12)6-9)4-5-11(14)15/h2-3,6H,12H2,1H3,(H,14,15). The monoisotopic (exact) mass is 203 g/mol. The highest BCUT2D eigenvalue weighted by molar-refractivity contribution is 5.95. The van der Waals surface area contributed by atoms with Crippen molar-refractivity contribution in [2.75, 3.05) is 5.73 Å². The fourth-order valence-electron chi connectivity index (χ4n) is 1.02. The fourth-order valence-corrected chi connectivity index (χ4v) is 1.02. The van der Waals surface area contributed by atoms with Crippen LogP contribution in [-0.2, 0) is 4.79 Å². The van der Waals surface area contributed by atoms with Gasteiger partial charge in [0.05, 0.1) is 0 Å². The van der Waals surface area contributed by atoms with Crippen molar-refractivity contribution in [2.45, 2.75) is 6.92 Å². The third kappa shape index (κ3) is 2.85. The topological polar surface area (TPSA) is 80.4 Å². The van der Waals surface area contributed by atoms with Crippen molar-refractivity contribution in [3.8, 4) is 11.8 Å². The minimum Gasteiger partial charge on any atom is -0.472 e. The van der Waals surface area contributed by atoms with Gasteiger partial charge in [0.1, 0.15) is 0 Å². The molecule has 0 aliphatic rings. The molecule has 15 heavy (non-hydrogen) atoms. The van der Waals surface area contributed by atoms with E-state index >= 15 is 0 Å². The summed E-state index contributed by atoms with van der Waals surface area (Å²) in [5, 5.41) is 8.34. The number of rotatable bonds is 1. The highest BCUT2D eigenvalue weighted by Crippen LogP contribution is 2.13. The largest absolute Gasteiger partial charge is 0.472 e. The summed E-state index contributed by atoms with van der Waals surface area (Å²) in [5.41, 5.74) is 6.78. The van der Waals surface area contributed by atoms with Gasteiger partial charge >= 0.3 is 5.97 Å². The number of ketones is 1. The number of hydrogen-bond donors (Lipinski definition) is 2. The van der Waals surface area contributed by atoms with E-state index in [-0.39, 0.29) is 5.78 Å². The summed E-state index contributed by atoms with van der Waals surface area (Å²) in [6.45, 7) is 1.43. The number of benzene rings is 1. The molecule has 0 radical (unpaired) electrons. The second-order valence-corrected chi connectivity index (χ2v) is 2.91. The lowest BCUT2D eigenvalue weighted by Crippen LogP contribution is -1.97. The van der Waals surface area contributed by atoms with Crippen LogP contribution < -0.4 is 5.73 Å². The smallest absolute Gasteiger partial charge is 0.382 e. The molecule has 1 aromatic rings. The molecule has 0 atom stereocenters. The van der Waals surface area contributed by atoms with Gasteiger partial charge in [-0.25, -0.2) is 4.79 Å². The summed E-state index contributed by atoms with van der Waals surface area (Å²) in [6.07, 6.45) is 0. The number of hydrogen-bond acceptors (Lipinski definition) is 3. The van der Waals surface area contributed by atoms with Gasteiger partial charge in [-0.3, -0.25) is 4.79 Å². The van der Waals surface area contributed by atoms with E-state index in [2.05, 4.69) is 5.92 Å². The van der Waals surface area contributed by atoms with Crippen molar-refractivity contribution in [1.82, 2.24) is 0 Å². The molecule has 0 saturated heterocycles. The number of carboxylic acids is 1. The minimum absolute atomic E-state index is 0.0977. The molecule has 76 valence electrons. The van der Waals surface area contributed by atoms with Crippen molar-refractivity contribution in [2.24, 2.45) is 0 Å². The summed E-state index contributed by atoms with van der Waals surface area (Å²) < 4.78 is 0. The van der Waals surface area contributed by atoms with Gasteiger partial charge in [-0.1, -0.05) is 12.0 Å². The van der Waals surface area contributed by atoms with Crippen molar-refractivity contribution in [1.29, 1.82) is 0 Å². The summed E-state index contributed by atoms with van der Waals surface area (Å²) in [4.78, 5) is 21.2. The van der Waals surface area contributed by atoms with E-state index in [1.54, 1.807) is 6.07 Å². The Labute approximate surface area is 86.7 Å². The van der Waals surface area contributed by atoms with Crippen molar-refractivity contribution in [3.05, 3.63) is 29.3 Å². The van der Waals surface area contributed by atoms with E-state index in [1.807, 2.05) is 5.92 Å². The molecule has 0 spiro atoms. The Hall–Kier alpha value is -2.28. The normalized spacial score (nSPS) is 8.87. The van der Waals surface area contributed by atoms with Crippen LogP contribution in [0.5, 0.6) is 0 Å². The van der Waals surface area contributed by atoms with Crippen molar-refractivity contribution in [3.63, 3.8) is 0 Å². The zero-order valence-electron chi connectivity index (χ0n) is 8.07. The summed E-state index contributed by atoms with van der Waals surface area (Å²) in [6, 6.07) is 4.57. The second-order valence-electron chi connectivity index (χ2n) is 2.91. The molecule has 1 aromatic carbocycles. The van der Waals surface area contributed by atoms with Crippen LogP contribution in [0.15, 0.2) is 18.2 Å². The Kier molecular flexibility index (Phi) is 3.09. The molecule has 0 aliphatic carbocycles. The molecule has 0 unspecified atom stereocenters. The van der Waals surface area contributed by atoms with Gasteiger partial charge in [0.15, 0.2) is 5.78 Å². The highest BCUT2D eigenvalue weighted by Gasteiger charge is 2.02. The maximum atomic E-state index is 11.0. The number of carbonyl (C=O) groups is 2. The third-order valence-corrected chi connectivity index (χ3v) is 1.76. The SMILES string of the molecule is CC(=O)c1ccc(C#CC(=O)O)c(N)c1. The van der Waals surface area contributed by atoms with Gasteiger partial charge in [-0.15, -0.1) is 0 Å². The Morgan fingerprint density at radius 3 is 2.53 bits per heavy atom. The molecule has 0 heterocycles. The Morgan fingerprint density at radius 1 is 1.40 bits per heavy atom. The van der Waals surface area contributed by atoms with Gasteiger partial charge in [0.25, 0.3) is 0 Å². The van der Waals surface area contributed by atoms with Crippen LogP contribution >= 0.6 is 0 Å². The van der Waals surface area contributed by atoms with Gasteiger partial charge in [0, 0.05) is 22.7 Å². The molecule has 1 rings (SSSR count). The van der Waals surface area contributed by atoms with E-state index < -0.39 is 5.97 Å². The fraction of sp³-hybridized carbons (Fsp3) is 0.0909. The summed E-state index contributed by atoms with van der Waals surface area (Å²) >= 11 is 0. The molecular weight excluding hydrogens is 194 g/mol. The zero-order valence-corrected chi connectivity index (χ0v) is 8.07. The first kappa shape index (κ1) is 10.8. The van der Waals surface area contributed by atoms with E-state index in [9.17, 15) is 9.59 Å². The number of nitrogens with two attached hydrogens (primary N) is 1. The molecule has 0 amide bonds. The van der Waals surface area contributed by atoms with Crippen LogP contribution in [0.1, 0.15) is 22.8 Å².